The van der Waals surface area contributed by atoms with Gasteiger partial charge in [0.1, 0.15) is 18.2 Å². The summed E-state index contributed by atoms with van der Waals surface area (Å²) in [7, 11) is 0. The van der Waals surface area contributed by atoms with Crippen molar-refractivity contribution in [3.05, 3.63) is 10.1 Å². The Morgan fingerprint density at radius 3 is 2.73 bits per heavy atom. The van der Waals surface area contributed by atoms with Crippen molar-refractivity contribution >= 4 is 24.2 Å². The minimum Gasteiger partial charge on any atom is -0.371 e. The van der Waals surface area contributed by atoms with Gasteiger partial charge in [-0.15, -0.1) is 10.1 Å². The van der Waals surface area contributed by atoms with E-state index in [4.69, 9.17) is 9.47 Å². The fraction of sp³-hybridized carbons (Fsp3) is 0.833. The van der Waals surface area contributed by atoms with E-state index in [0.29, 0.717) is 0 Å². The highest BCUT2D eigenvalue weighted by Crippen LogP contribution is 2.29. The number of fused-ring (bicyclic) bond motifs is 1. The second-order valence-corrected chi connectivity index (χ2v) is 5.72. The highest BCUT2D eigenvalue weighted by atomic mass is 32.1. The van der Waals surface area contributed by atoms with E-state index in [1.54, 1.807) is 13.8 Å². The first-order valence-corrected chi connectivity index (χ1v) is 7.52. The summed E-state index contributed by atoms with van der Waals surface area (Å²) in [6, 6.07) is -0.966. The number of hydrogen-bond donors (Lipinski definition) is 2. The number of carbonyl (C=O) groups is 1. The predicted octanol–water partition coefficient (Wildman–Crippen LogP) is -0.375. The van der Waals surface area contributed by atoms with E-state index in [2.05, 4.69) is 27.8 Å². The van der Waals surface area contributed by atoms with Gasteiger partial charge in [-0.25, -0.2) is 0 Å². The molecule has 2 fully saturated rings. The van der Waals surface area contributed by atoms with Crippen molar-refractivity contribution in [2.75, 3.05) is 19.0 Å². The minimum absolute atomic E-state index is 0.0604. The van der Waals surface area contributed by atoms with E-state index in [-0.39, 0.29) is 30.9 Å². The van der Waals surface area contributed by atoms with Crippen LogP contribution in [0.25, 0.3) is 0 Å². The van der Waals surface area contributed by atoms with Crippen LogP contribution in [-0.4, -0.2) is 66.1 Å². The molecule has 0 aliphatic carbocycles. The molecule has 1 amide bonds. The van der Waals surface area contributed by atoms with Crippen molar-refractivity contribution in [1.29, 1.82) is 0 Å². The number of carbonyl (C=O) groups excluding carboxylic acids is 1. The molecule has 2 saturated heterocycles. The summed E-state index contributed by atoms with van der Waals surface area (Å²) in [5.74, 6) is 0.0137. The van der Waals surface area contributed by atoms with Gasteiger partial charge in [0.25, 0.3) is 5.09 Å². The average molecular weight is 333 g/mol. The summed E-state index contributed by atoms with van der Waals surface area (Å²) >= 11 is 4.13. The second kappa shape index (κ2) is 7.25. The zero-order valence-corrected chi connectivity index (χ0v) is 13.2. The molecule has 0 aromatic rings. The maximum absolute atomic E-state index is 12.2. The van der Waals surface area contributed by atoms with Crippen molar-refractivity contribution < 1.29 is 24.2 Å². The molecule has 1 N–H and O–H groups in total. The van der Waals surface area contributed by atoms with Crippen LogP contribution >= 0.6 is 12.6 Å². The largest absolute Gasteiger partial charge is 0.371 e. The number of rotatable bonds is 6. The van der Waals surface area contributed by atoms with Crippen LogP contribution in [0.1, 0.15) is 13.8 Å². The third-order valence-corrected chi connectivity index (χ3v) is 3.79. The monoisotopic (exact) mass is 333 g/mol. The van der Waals surface area contributed by atoms with Gasteiger partial charge in [-0.1, -0.05) is 0 Å². The second-order valence-electron chi connectivity index (χ2n) is 5.35. The van der Waals surface area contributed by atoms with Gasteiger partial charge >= 0.3 is 0 Å². The molecule has 2 heterocycles. The normalized spacial score (nSPS) is 31.2. The van der Waals surface area contributed by atoms with E-state index < -0.39 is 29.4 Å². The number of nitrogens with one attached hydrogen (secondary N) is 1. The van der Waals surface area contributed by atoms with Gasteiger partial charge in [0.2, 0.25) is 5.91 Å². The van der Waals surface area contributed by atoms with Gasteiger partial charge in [0.15, 0.2) is 6.10 Å². The molecule has 0 bridgehead atoms. The molecule has 124 valence electrons. The van der Waals surface area contributed by atoms with Gasteiger partial charge in [-0.3, -0.25) is 9.79 Å². The number of ether oxygens (including phenoxy) is 2. The maximum Gasteiger partial charge on any atom is 0.294 e. The summed E-state index contributed by atoms with van der Waals surface area (Å²) in [5, 5.41) is 12.4. The van der Waals surface area contributed by atoms with Crippen LogP contribution in [0.15, 0.2) is 4.99 Å². The molecule has 2 aliphatic rings. The topological polar surface area (TPSA) is 112 Å². The van der Waals surface area contributed by atoms with Gasteiger partial charge in [0, 0.05) is 11.5 Å². The summed E-state index contributed by atoms with van der Waals surface area (Å²) in [5.41, 5.74) is 0.784. The lowest BCUT2D eigenvalue weighted by molar-refractivity contribution is -0.769. The van der Waals surface area contributed by atoms with Crippen LogP contribution < -0.4 is 5.32 Å². The lowest BCUT2D eigenvalue weighted by atomic mass is 10.1. The van der Waals surface area contributed by atoms with Crippen molar-refractivity contribution in [2.45, 2.75) is 44.2 Å². The predicted molar refractivity (Wildman–Crippen MR) is 79.7 cm³/mol. The van der Waals surface area contributed by atoms with E-state index in [0.717, 1.165) is 5.71 Å². The van der Waals surface area contributed by atoms with Gasteiger partial charge < -0.3 is 19.6 Å². The molecular formula is C12H19N3O6S. The number of nitrogens with zero attached hydrogens (tertiary/aromatic N) is 2. The SMILES string of the molecule is CC(C)=N[C@@H](CS)C(=O)N[C@@H]1CO[C@H]2[C@@H]1OC[C@@H]2O[N+](=O)[O-]. The van der Waals surface area contributed by atoms with E-state index in [1.165, 1.54) is 0 Å². The Hall–Kier alpha value is -1.39. The Bertz CT molecular complexity index is 470. The first kappa shape index (κ1) is 17.0. The van der Waals surface area contributed by atoms with Crippen molar-refractivity contribution in [1.82, 2.24) is 5.32 Å². The Balaban J connectivity index is 1.94. The van der Waals surface area contributed by atoms with Crippen LogP contribution in [0, 0.1) is 10.1 Å². The van der Waals surface area contributed by atoms with Crippen molar-refractivity contribution in [2.24, 2.45) is 4.99 Å². The molecule has 0 unspecified atom stereocenters. The summed E-state index contributed by atoms with van der Waals surface area (Å²) in [6.07, 6.45) is -1.78. The first-order valence-electron chi connectivity index (χ1n) is 6.89. The molecule has 0 radical (unpaired) electrons. The molecule has 9 nitrogen and oxygen atoms in total. The molecule has 10 heteroatoms. The zero-order chi connectivity index (χ0) is 16.3. The third-order valence-electron chi connectivity index (χ3n) is 3.45. The molecule has 0 spiro atoms. The summed E-state index contributed by atoms with van der Waals surface area (Å²) < 4.78 is 10.9. The lowest BCUT2D eigenvalue weighted by Crippen LogP contribution is -2.48. The van der Waals surface area contributed by atoms with Crippen LogP contribution in [0.4, 0.5) is 0 Å². The average Bonchev–Trinajstić information content (AvgIpc) is 2.99. The van der Waals surface area contributed by atoms with Gasteiger partial charge in [0.05, 0.1) is 19.3 Å². The Kier molecular flexibility index (Phi) is 5.59. The zero-order valence-electron chi connectivity index (χ0n) is 12.3. The third kappa shape index (κ3) is 3.87. The first-order chi connectivity index (χ1) is 10.4. The smallest absolute Gasteiger partial charge is 0.294 e. The summed E-state index contributed by atoms with van der Waals surface area (Å²) in [4.78, 5) is 31.3. The molecule has 2 rings (SSSR count). The summed E-state index contributed by atoms with van der Waals surface area (Å²) in [6.45, 7) is 3.88. The van der Waals surface area contributed by atoms with Crippen LogP contribution in [0.2, 0.25) is 0 Å². The van der Waals surface area contributed by atoms with E-state index in [9.17, 15) is 14.9 Å². The standard InChI is InChI=1S/C12H19N3O6S/c1-6(2)13-8(5-22)12(16)14-7-3-19-11-9(21-15(17)18)4-20-10(7)11/h7-11,22H,3-5H2,1-2H3,(H,14,16)/t7-,8+,9+,10-,11-/m1/s1. The van der Waals surface area contributed by atoms with Crippen molar-refractivity contribution in [3.8, 4) is 0 Å². The Morgan fingerprint density at radius 1 is 1.45 bits per heavy atom. The number of amides is 1. The molecule has 0 aromatic heterocycles. The van der Waals surface area contributed by atoms with Crippen LogP contribution in [0.5, 0.6) is 0 Å². The van der Waals surface area contributed by atoms with E-state index in [1.807, 2.05) is 0 Å². The van der Waals surface area contributed by atoms with Gasteiger partial charge in [-0.2, -0.15) is 12.6 Å². The minimum atomic E-state index is -0.860. The highest BCUT2D eigenvalue weighted by molar-refractivity contribution is 7.80. The van der Waals surface area contributed by atoms with Crippen LogP contribution in [-0.2, 0) is 19.1 Å². The number of aliphatic imine (C=N–C) groups is 1. The molecule has 0 aromatic carbocycles. The Labute approximate surface area is 132 Å². The van der Waals surface area contributed by atoms with Gasteiger partial charge in [-0.05, 0) is 13.8 Å². The van der Waals surface area contributed by atoms with E-state index >= 15 is 0 Å². The quantitative estimate of drug-likeness (QED) is 0.297. The molecule has 5 atom stereocenters. The molecular weight excluding hydrogens is 314 g/mol. The Morgan fingerprint density at radius 2 is 2.14 bits per heavy atom. The van der Waals surface area contributed by atoms with Crippen molar-refractivity contribution in [3.63, 3.8) is 0 Å². The molecule has 22 heavy (non-hydrogen) atoms. The molecule has 0 saturated carbocycles. The number of thiol groups is 1. The highest BCUT2D eigenvalue weighted by Gasteiger charge is 2.50. The lowest BCUT2D eigenvalue weighted by Gasteiger charge is -2.19. The van der Waals surface area contributed by atoms with Crippen LogP contribution in [0.3, 0.4) is 0 Å². The fourth-order valence-corrected chi connectivity index (χ4v) is 2.81. The maximum atomic E-state index is 12.2. The number of hydrogen-bond acceptors (Lipinski definition) is 8. The fourth-order valence-electron chi connectivity index (χ4n) is 2.56. The molecule has 2 aliphatic heterocycles.